The van der Waals surface area contributed by atoms with Crippen LogP contribution in [0.1, 0.15) is 24.9 Å². The highest BCUT2D eigenvalue weighted by atomic mass is 19.1. The van der Waals surface area contributed by atoms with E-state index in [0.29, 0.717) is 24.4 Å². The van der Waals surface area contributed by atoms with E-state index >= 15 is 0 Å². The minimum atomic E-state index is -0.304. The van der Waals surface area contributed by atoms with E-state index in [1.54, 1.807) is 24.4 Å². The summed E-state index contributed by atoms with van der Waals surface area (Å²) in [5.41, 5.74) is 2.52. The van der Waals surface area contributed by atoms with Gasteiger partial charge in [0.05, 0.1) is 34.9 Å². The summed E-state index contributed by atoms with van der Waals surface area (Å²) in [5, 5.41) is 1.59. The summed E-state index contributed by atoms with van der Waals surface area (Å²) in [4.78, 5) is 33.7. The summed E-state index contributed by atoms with van der Waals surface area (Å²) in [6, 6.07) is 9.70. The fourth-order valence-corrected chi connectivity index (χ4v) is 4.62. The van der Waals surface area contributed by atoms with Crippen LogP contribution in [0, 0.1) is 11.7 Å². The van der Waals surface area contributed by atoms with Gasteiger partial charge in [-0.2, -0.15) is 0 Å². The predicted molar refractivity (Wildman–Crippen MR) is 116 cm³/mol. The number of nitrogens with one attached hydrogen (secondary N) is 2. The Morgan fingerprint density at radius 2 is 2.00 bits per heavy atom. The van der Waals surface area contributed by atoms with E-state index in [-0.39, 0.29) is 29.6 Å². The van der Waals surface area contributed by atoms with Crippen molar-refractivity contribution in [2.24, 2.45) is 5.92 Å². The SMILES string of the molecule is CC1CCN(C(=O)Cc2ccc(F)cc2)CC1n1ccc(=O)c2c[nH+]c3[nH]ccc3c21. The van der Waals surface area contributed by atoms with Crippen LogP contribution in [0.4, 0.5) is 4.39 Å². The lowest BCUT2D eigenvalue weighted by Crippen LogP contribution is -2.44. The maximum Gasteiger partial charge on any atom is 0.286 e. The number of likely N-dealkylation sites (tertiary alicyclic amines) is 1. The molecule has 2 atom stereocenters. The van der Waals surface area contributed by atoms with Crippen LogP contribution in [0.15, 0.2) is 59.8 Å². The Morgan fingerprint density at radius 1 is 1.19 bits per heavy atom. The molecular formula is C24H24FN4O2+. The zero-order valence-electron chi connectivity index (χ0n) is 17.3. The second kappa shape index (κ2) is 7.65. The molecule has 31 heavy (non-hydrogen) atoms. The molecule has 1 aliphatic heterocycles. The van der Waals surface area contributed by atoms with Gasteiger partial charge in [-0.05, 0) is 36.1 Å². The lowest BCUT2D eigenvalue weighted by molar-refractivity contribution is -0.345. The standard InChI is InChI=1S/C24H23FN4O2/c1-15-7-10-28(22(31)12-16-2-4-17(25)5-3-16)14-20(15)29-11-8-21(30)19-13-27-24-18(23(19)29)6-9-26-24/h2-6,8-9,11,13,15,20H,7,10,12,14H2,1H3,(H,26,27)/p+1. The van der Waals surface area contributed by atoms with Crippen LogP contribution < -0.4 is 10.4 Å². The maximum absolute atomic E-state index is 13.2. The van der Waals surface area contributed by atoms with E-state index in [0.717, 1.165) is 28.5 Å². The molecule has 3 aromatic heterocycles. The number of halogens is 1. The molecule has 1 aromatic carbocycles. The molecule has 0 bridgehead atoms. The molecule has 0 saturated carbocycles. The van der Waals surface area contributed by atoms with Crippen molar-refractivity contribution in [3.63, 3.8) is 0 Å². The number of carbonyl (C=O) groups excluding carboxylic acids is 1. The lowest BCUT2D eigenvalue weighted by atomic mass is 9.92. The molecule has 0 spiro atoms. The molecule has 0 radical (unpaired) electrons. The van der Waals surface area contributed by atoms with Gasteiger partial charge < -0.3 is 9.47 Å². The van der Waals surface area contributed by atoms with E-state index in [1.165, 1.54) is 12.1 Å². The largest absolute Gasteiger partial charge is 0.341 e. The summed E-state index contributed by atoms with van der Waals surface area (Å²) in [7, 11) is 0. The normalized spacial score (nSPS) is 19.2. The van der Waals surface area contributed by atoms with Crippen LogP contribution >= 0.6 is 0 Å². The number of H-pyrrole nitrogens is 2. The van der Waals surface area contributed by atoms with Gasteiger partial charge in [-0.1, -0.05) is 19.1 Å². The van der Waals surface area contributed by atoms with Gasteiger partial charge in [-0.3, -0.25) is 9.59 Å². The van der Waals surface area contributed by atoms with E-state index in [2.05, 4.69) is 21.5 Å². The van der Waals surface area contributed by atoms with Crippen LogP contribution in [0.25, 0.3) is 21.9 Å². The van der Waals surface area contributed by atoms with Gasteiger partial charge in [-0.25, -0.2) is 14.4 Å². The fraction of sp³-hybridized carbons (Fsp3) is 0.292. The Hall–Kier alpha value is -3.48. The number of aromatic amines is 2. The number of amides is 1. The molecule has 1 saturated heterocycles. The van der Waals surface area contributed by atoms with Crippen LogP contribution in [0.3, 0.4) is 0 Å². The monoisotopic (exact) mass is 419 g/mol. The second-order valence-corrected chi connectivity index (χ2v) is 8.38. The van der Waals surface area contributed by atoms with Crippen molar-refractivity contribution in [3.05, 3.63) is 76.6 Å². The summed E-state index contributed by atoms with van der Waals surface area (Å²) in [5.74, 6) is 0.0780. The third kappa shape index (κ3) is 3.50. The minimum absolute atomic E-state index is 0.0293. The van der Waals surface area contributed by atoms with Crippen LogP contribution in [0.5, 0.6) is 0 Å². The highest BCUT2D eigenvalue weighted by Gasteiger charge is 2.31. The molecule has 4 heterocycles. The number of aromatic nitrogens is 3. The Labute approximate surface area is 178 Å². The Balaban J connectivity index is 1.49. The van der Waals surface area contributed by atoms with Crippen molar-refractivity contribution in [3.8, 4) is 0 Å². The molecule has 2 unspecified atom stereocenters. The third-order valence-electron chi connectivity index (χ3n) is 6.43. The van der Waals surface area contributed by atoms with Crippen LogP contribution in [-0.2, 0) is 11.2 Å². The van der Waals surface area contributed by atoms with E-state index in [1.807, 2.05) is 23.4 Å². The highest BCUT2D eigenvalue weighted by Crippen LogP contribution is 2.31. The summed E-state index contributed by atoms with van der Waals surface area (Å²) < 4.78 is 15.3. The van der Waals surface area contributed by atoms with Crippen molar-refractivity contribution in [1.82, 2.24) is 14.5 Å². The van der Waals surface area contributed by atoms with E-state index < -0.39 is 0 Å². The van der Waals surface area contributed by atoms with Crippen LogP contribution in [-0.4, -0.2) is 33.4 Å². The zero-order valence-corrected chi connectivity index (χ0v) is 17.3. The lowest BCUT2D eigenvalue weighted by Gasteiger charge is -2.39. The molecule has 0 aliphatic carbocycles. The van der Waals surface area contributed by atoms with Gasteiger partial charge in [0.25, 0.3) is 5.65 Å². The molecule has 158 valence electrons. The van der Waals surface area contributed by atoms with Crippen LogP contribution in [0.2, 0.25) is 0 Å². The van der Waals surface area contributed by atoms with E-state index in [4.69, 9.17) is 0 Å². The number of piperidine rings is 1. The minimum Gasteiger partial charge on any atom is -0.341 e. The van der Waals surface area contributed by atoms with Crippen molar-refractivity contribution < 1.29 is 14.2 Å². The predicted octanol–water partition coefficient (Wildman–Crippen LogP) is 3.09. The third-order valence-corrected chi connectivity index (χ3v) is 6.43. The average Bonchev–Trinajstić information content (AvgIpc) is 3.25. The Morgan fingerprint density at radius 3 is 2.81 bits per heavy atom. The zero-order chi connectivity index (χ0) is 21.5. The van der Waals surface area contributed by atoms with Crippen molar-refractivity contribution >= 4 is 27.8 Å². The first-order chi connectivity index (χ1) is 15.0. The van der Waals surface area contributed by atoms with Crippen molar-refractivity contribution in [2.75, 3.05) is 13.1 Å². The molecule has 1 fully saturated rings. The maximum atomic E-state index is 13.2. The fourth-order valence-electron chi connectivity index (χ4n) is 4.62. The van der Waals surface area contributed by atoms with Gasteiger partial charge in [0, 0.05) is 25.4 Å². The molecular weight excluding hydrogens is 395 g/mol. The first kappa shape index (κ1) is 19.5. The number of hydrogen-bond acceptors (Lipinski definition) is 2. The number of nitrogens with zero attached hydrogens (tertiary/aromatic N) is 2. The number of pyridine rings is 2. The van der Waals surface area contributed by atoms with E-state index in [9.17, 15) is 14.0 Å². The molecule has 5 rings (SSSR count). The molecule has 7 heteroatoms. The number of fused-ring (bicyclic) bond motifs is 3. The van der Waals surface area contributed by atoms with Gasteiger partial charge in [0.2, 0.25) is 5.91 Å². The Bertz CT molecular complexity index is 1330. The second-order valence-electron chi connectivity index (χ2n) is 8.38. The smallest absolute Gasteiger partial charge is 0.286 e. The van der Waals surface area contributed by atoms with Crippen molar-refractivity contribution in [1.29, 1.82) is 0 Å². The number of hydrogen-bond donors (Lipinski definition) is 1. The highest BCUT2D eigenvalue weighted by molar-refractivity contribution is 6.00. The van der Waals surface area contributed by atoms with Gasteiger partial charge in [-0.15, -0.1) is 0 Å². The molecule has 6 nitrogen and oxygen atoms in total. The summed E-state index contributed by atoms with van der Waals surface area (Å²) >= 11 is 0. The first-order valence-electron chi connectivity index (χ1n) is 10.6. The molecule has 4 aromatic rings. The number of carbonyl (C=O) groups is 1. The van der Waals surface area contributed by atoms with Gasteiger partial charge >= 0.3 is 0 Å². The van der Waals surface area contributed by atoms with Gasteiger partial charge in [0.1, 0.15) is 12.0 Å². The first-order valence-corrected chi connectivity index (χ1v) is 10.6. The van der Waals surface area contributed by atoms with Gasteiger partial charge in [0.15, 0.2) is 5.43 Å². The average molecular weight is 419 g/mol. The topological polar surface area (TPSA) is 72.2 Å². The molecule has 1 amide bonds. The molecule has 1 aliphatic rings. The van der Waals surface area contributed by atoms with Crippen molar-refractivity contribution in [2.45, 2.75) is 25.8 Å². The quantitative estimate of drug-likeness (QED) is 0.554. The summed E-state index contributed by atoms with van der Waals surface area (Å²) in [6.45, 7) is 3.46. The summed E-state index contributed by atoms with van der Waals surface area (Å²) in [6.07, 6.45) is 6.58. The number of rotatable bonds is 3. The Kier molecular flexibility index (Phi) is 4.81. The molecule has 2 N–H and O–H groups in total. The number of benzene rings is 1.